The maximum Gasteiger partial charge on any atom is 0.416 e. The zero-order valence-electron chi connectivity index (χ0n) is 16.2. The third kappa shape index (κ3) is 4.86. The lowest BCUT2D eigenvalue weighted by Gasteiger charge is -2.13. The molecule has 0 aliphatic carbocycles. The molecule has 0 fully saturated rings. The number of hydrogen-bond acceptors (Lipinski definition) is 3. The smallest absolute Gasteiger partial charge is 0.416 e. The molecule has 0 saturated heterocycles. The summed E-state index contributed by atoms with van der Waals surface area (Å²) >= 11 is 0. The van der Waals surface area contributed by atoms with Gasteiger partial charge in [0.15, 0.2) is 0 Å². The molecular weight excluding hydrogens is 393 g/mol. The van der Waals surface area contributed by atoms with Crippen molar-refractivity contribution in [1.82, 2.24) is 0 Å². The maximum atomic E-state index is 13.2. The molecule has 3 rings (SSSR count). The van der Waals surface area contributed by atoms with Gasteiger partial charge in [0.1, 0.15) is 11.5 Å². The average Bonchev–Trinajstić information content (AvgIpc) is 2.84. The molecule has 1 heterocycles. The minimum absolute atomic E-state index is 0.00850. The summed E-state index contributed by atoms with van der Waals surface area (Å²) in [4.78, 5) is 16.7. The number of carbonyl (C=O) groups is 1. The monoisotopic (exact) mass is 412 g/mol. The van der Waals surface area contributed by atoms with E-state index in [4.69, 9.17) is 4.74 Å². The lowest BCUT2D eigenvalue weighted by molar-refractivity contribution is -0.138. The summed E-state index contributed by atoms with van der Waals surface area (Å²) in [5.41, 5.74) is 0.155. The van der Waals surface area contributed by atoms with E-state index in [0.29, 0.717) is 22.8 Å². The number of nitrogens with zero attached hydrogens (tertiary/aromatic N) is 1. The highest BCUT2D eigenvalue weighted by Gasteiger charge is 2.34. The van der Waals surface area contributed by atoms with E-state index in [9.17, 15) is 18.0 Å². The normalized spacial score (nSPS) is 14.2. The van der Waals surface area contributed by atoms with Gasteiger partial charge in [-0.05, 0) is 54.5 Å². The van der Waals surface area contributed by atoms with Crippen molar-refractivity contribution in [2.75, 3.05) is 5.32 Å². The molecule has 0 bridgehead atoms. The Labute approximate surface area is 172 Å². The molecule has 30 heavy (non-hydrogen) atoms. The van der Waals surface area contributed by atoms with Gasteiger partial charge >= 0.3 is 6.18 Å². The molecule has 4 nitrogen and oxygen atoms in total. The summed E-state index contributed by atoms with van der Waals surface area (Å²) < 4.78 is 45.3. The van der Waals surface area contributed by atoms with E-state index in [2.05, 4.69) is 23.5 Å². The Morgan fingerprint density at radius 3 is 2.57 bits per heavy atom. The van der Waals surface area contributed by atoms with Gasteiger partial charge in [-0.25, -0.2) is 0 Å². The maximum absolute atomic E-state index is 13.2. The van der Waals surface area contributed by atoms with Crippen LogP contribution in [0.1, 0.15) is 17.5 Å². The third-order valence-corrected chi connectivity index (χ3v) is 4.37. The first kappa shape index (κ1) is 21.1. The highest BCUT2D eigenvalue weighted by atomic mass is 19.4. The molecule has 0 radical (unpaired) electrons. The van der Waals surface area contributed by atoms with Gasteiger partial charge in [-0.3, -0.25) is 9.79 Å². The number of carbonyl (C=O) groups excluding carboxylic acids is 1. The van der Waals surface area contributed by atoms with E-state index >= 15 is 0 Å². The van der Waals surface area contributed by atoms with Crippen molar-refractivity contribution < 1.29 is 22.7 Å². The van der Waals surface area contributed by atoms with Crippen molar-refractivity contribution in [3.8, 4) is 5.75 Å². The van der Waals surface area contributed by atoms with Gasteiger partial charge in [-0.1, -0.05) is 31.4 Å². The van der Waals surface area contributed by atoms with Crippen LogP contribution in [0, 0.1) is 6.92 Å². The third-order valence-electron chi connectivity index (χ3n) is 4.37. The summed E-state index contributed by atoms with van der Waals surface area (Å²) in [7, 11) is 0. The van der Waals surface area contributed by atoms with E-state index in [-0.39, 0.29) is 23.4 Å². The molecule has 0 unspecified atom stereocenters. The molecule has 0 aromatic heterocycles. The van der Waals surface area contributed by atoms with Crippen LogP contribution in [0.15, 0.2) is 84.1 Å². The number of alkyl halides is 3. The number of amides is 1. The number of allylic oxidation sites excluding steroid dienone is 3. The zero-order valence-corrected chi connectivity index (χ0v) is 16.2. The second kappa shape index (κ2) is 8.41. The van der Waals surface area contributed by atoms with E-state index in [1.165, 1.54) is 19.1 Å². The first-order valence-corrected chi connectivity index (χ1v) is 9.03. The Kier molecular flexibility index (Phi) is 5.91. The van der Waals surface area contributed by atoms with Crippen LogP contribution >= 0.6 is 0 Å². The number of fused-ring (bicyclic) bond motifs is 1. The number of para-hydroxylation sites is 1. The Morgan fingerprint density at radius 2 is 1.93 bits per heavy atom. The minimum atomic E-state index is -4.53. The first-order chi connectivity index (χ1) is 14.2. The molecule has 2 aromatic carbocycles. The van der Waals surface area contributed by atoms with Gasteiger partial charge in [0.05, 0.1) is 29.1 Å². The van der Waals surface area contributed by atoms with E-state index in [1.54, 1.807) is 18.2 Å². The lowest BCUT2D eigenvalue weighted by atomic mass is 10.1. The first-order valence-electron chi connectivity index (χ1n) is 9.03. The van der Waals surface area contributed by atoms with Gasteiger partial charge in [0.25, 0.3) is 0 Å². The van der Waals surface area contributed by atoms with Gasteiger partial charge < -0.3 is 10.1 Å². The molecule has 0 saturated carbocycles. The average molecular weight is 412 g/mol. The van der Waals surface area contributed by atoms with Crippen LogP contribution in [0.5, 0.6) is 5.75 Å². The molecule has 1 amide bonds. The Morgan fingerprint density at radius 1 is 1.23 bits per heavy atom. The van der Waals surface area contributed by atoms with E-state index < -0.39 is 17.6 Å². The van der Waals surface area contributed by atoms with Crippen LogP contribution in [-0.2, 0) is 11.0 Å². The summed E-state index contributed by atoms with van der Waals surface area (Å²) in [6.45, 7) is 9.00. The molecule has 1 N–H and O–H groups in total. The van der Waals surface area contributed by atoms with E-state index in [0.717, 1.165) is 6.07 Å². The summed E-state index contributed by atoms with van der Waals surface area (Å²) in [5, 5.41) is 2.49. The van der Waals surface area contributed by atoms with Gasteiger partial charge in [-0.15, -0.1) is 0 Å². The molecule has 154 valence electrons. The number of aryl methyl sites for hydroxylation is 1. The van der Waals surface area contributed by atoms with Crippen LogP contribution < -0.4 is 10.1 Å². The second-order valence-electron chi connectivity index (χ2n) is 6.66. The van der Waals surface area contributed by atoms with Crippen molar-refractivity contribution >= 4 is 23.0 Å². The Bertz CT molecular complexity index is 1070. The predicted molar refractivity (Wildman–Crippen MR) is 111 cm³/mol. The standard InChI is InChI=1S/C23H19F3N2O2/c1-4-16(30-17-8-6-5-7-9-17)10-15(3)19-13-22(29)28-21-12-18(23(24,25)26)14(2)11-20(21)27-19/h4-12H,1,3,13H2,2H3,(H,28,29)/b16-10+. The van der Waals surface area contributed by atoms with Crippen LogP contribution in [0.3, 0.4) is 0 Å². The van der Waals surface area contributed by atoms with E-state index in [1.807, 2.05) is 18.2 Å². The number of rotatable bonds is 5. The number of benzene rings is 2. The number of nitrogens with one attached hydrogen (secondary N) is 1. The lowest BCUT2D eigenvalue weighted by Crippen LogP contribution is -2.16. The summed E-state index contributed by atoms with van der Waals surface area (Å²) in [6, 6.07) is 11.2. The SMILES string of the molecule is C=C/C(=C\C(=C)C1=Nc2cc(C)c(C(F)(F)F)cc2NC(=O)C1)Oc1ccccc1. The number of hydrogen-bond donors (Lipinski definition) is 1. The minimum Gasteiger partial charge on any atom is -0.457 e. The fraction of sp³-hybridized carbons (Fsp3) is 0.130. The Balaban J connectivity index is 1.95. The second-order valence-corrected chi connectivity index (χ2v) is 6.66. The number of anilines is 1. The highest BCUT2D eigenvalue weighted by molar-refractivity contribution is 6.17. The molecule has 7 heteroatoms. The van der Waals surface area contributed by atoms with Crippen molar-refractivity contribution in [2.24, 2.45) is 4.99 Å². The van der Waals surface area contributed by atoms with Gasteiger partial charge in [0, 0.05) is 0 Å². The van der Waals surface area contributed by atoms with Crippen LogP contribution in [0.4, 0.5) is 24.5 Å². The molecular formula is C23H19F3N2O2. The number of aliphatic imine (C=N–C) groups is 1. The molecule has 1 aliphatic heterocycles. The molecule has 1 aliphatic rings. The highest BCUT2D eigenvalue weighted by Crippen LogP contribution is 2.39. The van der Waals surface area contributed by atoms with Crippen molar-refractivity contribution in [3.63, 3.8) is 0 Å². The van der Waals surface area contributed by atoms with Gasteiger partial charge in [0.2, 0.25) is 5.91 Å². The van der Waals surface area contributed by atoms with Crippen molar-refractivity contribution in [1.29, 1.82) is 0 Å². The quantitative estimate of drug-likeness (QED) is 0.474. The summed E-state index contributed by atoms with van der Waals surface area (Å²) in [6.07, 6.45) is -1.60. The van der Waals surface area contributed by atoms with Crippen molar-refractivity contribution in [2.45, 2.75) is 19.5 Å². The predicted octanol–water partition coefficient (Wildman–Crippen LogP) is 6.13. The molecule has 0 atom stereocenters. The fourth-order valence-corrected chi connectivity index (χ4v) is 2.92. The number of halogens is 3. The zero-order chi connectivity index (χ0) is 21.9. The summed E-state index contributed by atoms with van der Waals surface area (Å²) in [5.74, 6) is 0.503. The topological polar surface area (TPSA) is 50.7 Å². The molecule has 0 spiro atoms. The van der Waals surface area contributed by atoms with Crippen molar-refractivity contribution in [3.05, 3.63) is 90.2 Å². The van der Waals surface area contributed by atoms with Crippen LogP contribution in [-0.4, -0.2) is 11.6 Å². The fourth-order valence-electron chi connectivity index (χ4n) is 2.92. The largest absolute Gasteiger partial charge is 0.457 e. The van der Waals surface area contributed by atoms with Gasteiger partial charge in [-0.2, -0.15) is 13.2 Å². The Hall–Kier alpha value is -3.61. The number of ether oxygens (including phenoxy) is 1. The van der Waals surface area contributed by atoms with Crippen LogP contribution in [0.2, 0.25) is 0 Å². The molecule has 2 aromatic rings. The van der Waals surface area contributed by atoms with Crippen LogP contribution in [0.25, 0.3) is 0 Å².